The standard InChI is InChI=1S/C10H12N4O3S/c1-6-9(11)10(12)14(13-6)7-2-4-8(5-3-7)18(15,16)17/h2-5H,11-12H2,1H3,(H,15,16,17). The van der Waals surface area contributed by atoms with E-state index >= 15 is 0 Å². The van der Waals surface area contributed by atoms with Gasteiger partial charge in [-0.05, 0) is 31.2 Å². The molecular weight excluding hydrogens is 256 g/mol. The van der Waals surface area contributed by atoms with Crippen LogP contribution >= 0.6 is 0 Å². The highest BCUT2D eigenvalue weighted by atomic mass is 32.2. The summed E-state index contributed by atoms with van der Waals surface area (Å²) in [5.41, 5.74) is 13.0. The molecule has 0 amide bonds. The minimum Gasteiger partial charge on any atom is -0.394 e. The lowest BCUT2D eigenvalue weighted by molar-refractivity contribution is 0.483. The van der Waals surface area contributed by atoms with Crippen LogP contribution in [0, 0.1) is 6.92 Å². The highest BCUT2D eigenvalue weighted by Crippen LogP contribution is 2.23. The first-order valence-corrected chi connectivity index (χ1v) is 6.43. The Morgan fingerprint density at radius 1 is 1.22 bits per heavy atom. The van der Waals surface area contributed by atoms with Gasteiger partial charge in [-0.3, -0.25) is 4.55 Å². The van der Waals surface area contributed by atoms with Crippen LogP contribution in [0.5, 0.6) is 0 Å². The van der Waals surface area contributed by atoms with Crippen LogP contribution < -0.4 is 11.5 Å². The Bertz CT molecular complexity index is 689. The smallest absolute Gasteiger partial charge is 0.294 e. The third-order valence-corrected chi connectivity index (χ3v) is 3.39. The Morgan fingerprint density at radius 3 is 2.17 bits per heavy atom. The Kier molecular flexibility index (Phi) is 2.76. The summed E-state index contributed by atoms with van der Waals surface area (Å²) in [5.74, 6) is 0.284. The zero-order chi connectivity index (χ0) is 13.5. The normalized spacial score (nSPS) is 11.7. The van der Waals surface area contributed by atoms with E-state index in [0.717, 1.165) is 0 Å². The molecule has 5 N–H and O–H groups in total. The van der Waals surface area contributed by atoms with Crippen molar-refractivity contribution in [3.8, 4) is 5.69 Å². The SMILES string of the molecule is Cc1nn(-c2ccc(S(=O)(=O)O)cc2)c(N)c1N. The van der Waals surface area contributed by atoms with Gasteiger partial charge in [-0.2, -0.15) is 13.5 Å². The van der Waals surface area contributed by atoms with Crippen LogP contribution in [0.1, 0.15) is 5.69 Å². The van der Waals surface area contributed by atoms with Crippen molar-refractivity contribution in [2.45, 2.75) is 11.8 Å². The largest absolute Gasteiger partial charge is 0.394 e. The fourth-order valence-corrected chi connectivity index (χ4v) is 1.99. The van der Waals surface area contributed by atoms with Crippen molar-refractivity contribution in [1.29, 1.82) is 0 Å². The van der Waals surface area contributed by atoms with Crippen molar-refractivity contribution in [3.63, 3.8) is 0 Å². The number of nitrogen functional groups attached to an aromatic ring is 2. The molecule has 0 saturated carbocycles. The van der Waals surface area contributed by atoms with E-state index < -0.39 is 10.1 Å². The van der Waals surface area contributed by atoms with Gasteiger partial charge in [-0.1, -0.05) is 0 Å². The minimum absolute atomic E-state index is 0.193. The van der Waals surface area contributed by atoms with Gasteiger partial charge in [0.2, 0.25) is 0 Å². The van der Waals surface area contributed by atoms with Crippen molar-refractivity contribution in [2.24, 2.45) is 0 Å². The molecule has 0 aliphatic heterocycles. The van der Waals surface area contributed by atoms with Crippen LogP contribution in [0.3, 0.4) is 0 Å². The lowest BCUT2D eigenvalue weighted by atomic mass is 10.3. The molecule has 0 atom stereocenters. The first kappa shape index (κ1) is 12.4. The fraction of sp³-hybridized carbons (Fsp3) is 0.100. The van der Waals surface area contributed by atoms with Crippen molar-refractivity contribution in [2.75, 3.05) is 11.5 Å². The highest BCUT2D eigenvalue weighted by Gasteiger charge is 2.13. The van der Waals surface area contributed by atoms with Crippen LogP contribution in [0.2, 0.25) is 0 Å². The van der Waals surface area contributed by atoms with Gasteiger partial charge >= 0.3 is 0 Å². The molecule has 0 spiro atoms. The third-order valence-electron chi connectivity index (χ3n) is 2.52. The first-order chi connectivity index (χ1) is 8.30. The van der Waals surface area contributed by atoms with Crippen molar-refractivity contribution >= 4 is 21.6 Å². The number of hydrogen-bond donors (Lipinski definition) is 3. The summed E-state index contributed by atoms with van der Waals surface area (Å²) in [7, 11) is -4.20. The quantitative estimate of drug-likeness (QED) is 0.685. The summed E-state index contributed by atoms with van der Waals surface area (Å²) in [4.78, 5) is -0.193. The van der Waals surface area contributed by atoms with E-state index in [1.165, 1.54) is 28.9 Å². The van der Waals surface area contributed by atoms with E-state index in [4.69, 9.17) is 16.0 Å². The van der Waals surface area contributed by atoms with E-state index in [0.29, 0.717) is 17.1 Å². The number of nitrogens with zero attached hydrogens (tertiary/aromatic N) is 2. The van der Waals surface area contributed by atoms with Gasteiger partial charge in [0.25, 0.3) is 10.1 Å². The molecule has 2 rings (SSSR count). The minimum atomic E-state index is -4.20. The molecule has 2 aromatic rings. The Balaban J connectivity index is 2.50. The second kappa shape index (κ2) is 4.00. The lowest BCUT2D eigenvalue weighted by Crippen LogP contribution is -2.04. The van der Waals surface area contributed by atoms with Gasteiger partial charge in [-0.15, -0.1) is 0 Å². The molecule has 18 heavy (non-hydrogen) atoms. The van der Waals surface area contributed by atoms with Crippen molar-refractivity contribution in [1.82, 2.24) is 9.78 Å². The number of hydrogen-bond acceptors (Lipinski definition) is 5. The maximum Gasteiger partial charge on any atom is 0.294 e. The topological polar surface area (TPSA) is 124 Å². The molecular formula is C10H12N4O3S. The van der Waals surface area contributed by atoms with Crippen molar-refractivity contribution < 1.29 is 13.0 Å². The van der Waals surface area contributed by atoms with E-state index in [1.54, 1.807) is 6.92 Å². The summed E-state index contributed by atoms with van der Waals surface area (Å²) in [6, 6.07) is 5.48. The van der Waals surface area contributed by atoms with Gasteiger partial charge in [0.1, 0.15) is 0 Å². The summed E-state index contributed by atoms with van der Waals surface area (Å²) < 4.78 is 32.0. The number of aryl methyl sites for hydroxylation is 1. The molecule has 8 heteroatoms. The molecule has 1 aromatic heterocycles. The summed E-state index contributed by atoms with van der Waals surface area (Å²) >= 11 is 0. The number of nitrogens with two attached hydrogens (primary N) is 2. The van der Waals surface area contributed by atoms with Crippen LogP contribution in [0.4, 0.5) is 11.5 Å². The number of aromatic nitrogens is 2. The first-order valence-electron chi connectivity index (χ1n) is 4.99. The van der Waals surface area contributed by atoms with Crippen molar-refractivity contribution in [3.05, 3.63) is 30.0 Å². The molecule has 0 aliphatic carbocycles. The van der Waals surface area contributed by atoms with E-state index in [2.05, 4.69) is 5.10 Å². The van der Waals surface area contributed by atoms with Gasteiger partial charge < -0.3 is 11.5 Å². The van der Waals surface area contributed by atoms with Gasteiger partial charge in [-0.25, -0.2) is 4.68 Å². The van der Waals surface area contributed by atoms with Gasteiger partial charge in [0.15, 0.2) is 5.82 Å². The summed E-state index contributed by atoms with van der Waals surface area (Å²) in [6.07, 6.45) is 0. The zero-order valence-electron chi connectivity index (χ0n) is 9.53. The predicted octanol–water partition coefficient (Wildman–Crippen LogP) is 0.592. The lowest BCUT2D eigenvalue weighted by Gasteiger charge is -2.04. The Hall–Kier alpha value is -2.06. The zero-order valence-corrected chi connectivity index (χ0v) is 10.3. The Morgan fingerprint density at radius 2 is 1.78 bits per heavy atom. The predicted molar refractivity (Wildman–Crippen MR) is 66.9 cm³/mol. The molecule has 0 saturated heterocycles. The van der Waals surface area contributed by atoms with Crippen LogP contribution in [0.15, 0.2) is 29.2 Å². The summed E-state index contributed by atoms with van der Waals surface area (Å²) in [5, 5.41) is 4.13. The molecule has 0 fully saturated rings. The van der Waals surface area contributed by atoms with Crippen LogP contribution in [0.25, 0.3) is 5.69 Å². The Labute approximate surface area is 104 Å². The van der Waals surface area contributed by atoms with Gasteiger partial charge in [0.05, 0.1) is 22.0 Å². The monoisotopic (exact) mass is 268 g/mol. The van der Waals surface area contributed by atoms with Crippen LogP contribution in [-0.4, -0.2) is 22.8 Å². The number of anilines is 2. The second-order valence-electron chi connectivity index (χ2n) is 3.77. The average molecular weight is 268 g/mol. The van der Waals surface area contributed by atoms with E-state index in [-0.39, 0.29) is 10.7 Å². The maximum atomic E-state index is 10.9. The summed E-state index contributed by atoms with van der Waals surface area (Å²) in [6.45, 7) is 1.72. The maximum absolute atomic E-state index is 10.9. The molecule has 96 valence electrons. The number of benzene rings is 1. The second-order valence-corrected chi connectivity index (χ2v) is 5.19. The number of rotatable bonds is 2. The van der Waals surface area contributed by atoms with Crippen LogP contribution in [-0.2, 0) is 10.1 Å². The molecule has 1 aromatic carbocycles. The molecule has 0 aliphatic rings. The van der Waals surface area contributed by atoms with E-state index in [1.807, 2.05) is 0 Å². The molecule has 0 radical (unpaired) electrons. The molecule has 1 heterocycles. The van der Waals surface area contributed by atoms with Gasteiger partial charge in [0, 0.05) is 0 Å². The molecule has 0 bridgehead atoms. The molecule has 7 nitrogen and oxygen atoms in total. The molecule has 0 unspecified atom stereocenters. The fourth-order valence-electron chi connectivity index (χ4n) is 1.51. The van der Waals surface area contributed by atoms with E-state index in [9.17, 15) is 8.42 Å². The average Bonchev–Trinajstić information content (AvgIpc) is 2.56. The third kappa shape index (κ3) is 2.03. The highest BCUT2D eigenvalue weighted by molar-refractivity contribution is 7.85.